The van der Waals surface area contributed by atoms with E-state index in [-0.39, 0.29) is 16.9 Å². The molecule has 2 aromatic heterocycles. The molecule has 0 amide bonds. The van der Waals surface area contributed by atoms with E-state index >= 15 is 0 Å². The molecule has 5 aromatic rings. The molecule has 0 bridgehead atoms. The van der Waals surface area contributed by atoms with Crippen LogP contribution in [-0.2, 0) is 5.75 Å². The van der Waals surface area contributed by atoms with Crippen LogP contribution in [0.4, 0.5) is 8.78 Å². The highest BCUT2D eigenvalue weighted by Crippen LogP contribution is 2.31. The normalized spacial score (nSPS) is 11.3. The molecule has 170 valence electrons. The van der Waals surface area contributed by atoms with Crippen molar-refractivity contribution in [2.75, 3.05) is 6.26 Å². The molecule has 34 heavy (non-hydrogen) atoms. The first-order valence-corrected chi connectivity index (χ1v) is 12.0. The number of benzene rings is 3. The van der Waals surface area contributed by atoms with Gasteiger partial charge in [-0.3, -0.25) is 9.36 Å². The molecule has 0 saturated heterocycles. The minimum atomic E-state index is -0.750. The lowest BCUT2D eigenvalue weighted by atomic mass is 10.2. The largest absolute Gasteiger partial charge is 0.275 e. The van der Waals surface area contributed by atoms with Crippen LogP contribution < -0.4 is 5.56 Å². The number of fused-ring (bicyclic) bond motifs is 1. The fourth-order valence-corrected chi connectivity index (χ4v) is 4.51. The average Bonchev–Trinajstić information content (AvgIpc) is 3.18. The number of rotatable bonds is 5. The molecule has 0 unspecified atom stereocenters. The van der Waals surface area contributed by atoms with Crippen molar-refractivity contribution in [2.24, 2.45) is 0 Å². The molecule has 0 aliphatic rings. The quantitative estimate of drug-likeness (QED) is 0.299. The second-order valence-corrected chi connectivity index (χ2v) is 8.82. The number of aromatic nitrogens is 4. The second kappa shape index (κ2) is 9.04. The first kappa shape index (κ1) is 22.3. The third-order valence-corrected chi connectivity index (χ3v) is 6.24. The number of hydrogen-bond donors (Lipinski definition) is 0. The van der Waals surface area contributed by atoms with Gasteiger partial charge in [-0.25, -0.2) is 13.8 Å². The Morgan fingerprint density at radius 3 is 2.59 bits per heavy atom. The summed E-state index contributed by atoms with van der Waals surface area (Å²) in [6, 6.07) is 18.9. The van der Waals surface area contributed by atoms with E-state index in [9.17, 15) is 13.6 Å². The number of nitrogens with zero attached hydrogens (tertiary/aromatic N) is 4. The van der Waals surface area contributed by atoms with Gasteiger partial charge in [-0.15, -0.1) is 5.10 Å². The van der Waals surface area contributed by atoms with Crippen molar-refractivity contribution in [3.05, 3.63) is 105 Å². The maximum Gasteiger partial charge on any atom is 0.271 e. The van der Waals surface area contributed by atoms with Crippen LogP contribution in [0.3, 0.4) is 0 Å². The average molecular weight is 495 g/mol. The van der Waals surface area contributed by atoms with E-state index in [4.69, 9.17) is 11.6 Å². The first-order chi connectivity index (χ1) is 16.5. The summed E-state index contributed by atoms with van der Waals surface area (Å²) in [6.07, 6.45) is 2.00. The molecule has 5 nitrogen and oxygen atoms in total. The number of hydrogen-bond acceptors (Lipinski definition) is 4. The van der Waals surface area contributed by atoms with Crippen molar-refractivity contribution >= 4 is 34.4 Å². The van der Waals surface area contributed by atoms with Gasteiger partial charge in [-0.05, 0) is 54.3 Å². The summed E-state index contributed by atoms with van der Waals surface area (Å²) >= 11 is 7.98. The van der Waals surface area contributed by atoms with Gasteiger partial charge < -0.3 is 0 Å². The maximum absolute atomic E-state index is 14.8. The van der Waals surface area contributed by atoms with Crippen LogP contribution in [0.1, 0.15) is 5.56 Å². The zero-order chi connectivity index (χ0) is 23.8. The molecule has 0 aliphatic carbocycles. The molecule has 0 saturated carbocycles. The SMILES string of the molecule is CSCc1ccc2c(c1)nc(-c1ccc(F)cc1F)n2-c1ccc(=O)n(-c2ccccc2Cl)n1. The van der Waals surface area contributed by atoms with Crippen molar-refractivity contribution in [1.29, 1.82) is 0 Å². The topological polar surface area (TPSA) is 52.7 Å². The summed E-state index contributed by atoms with van der Waals surface area (Å²) in [5.74, 6) is -0.0699. The van der Waals surface area contributed by atoms with Crippen LogP contribution in [0, 0.1) is 11.6 Å². The summed E-state index contributed by atoms with van der Waals surface area (Å²) in [5.41, 5.74) is 2.50. The summed E-state index contributed by atoms with van der Waals surface area (Å²) < 4.78 is 31.3. The second-order valence-electron chi connectivity index (χ2n) is 7.54. The van der Waals surface area contributed by atoms with E-state index in [1.165, 1.54) is 28.9 Å². The predicted octanol–water partition coefficient (Wildman–Crippen LogP) is 6.03. The monoisotopic (exact) mass is 494 g/mol. The van der Waals surface area contributed by atoms with Gasteiger partial charge >= 0.3 is 0 Å². The minimum Gasteiger partial charge on any atom is -0.275 e. The number of thioether (sulfide) groups is 1. The smallest absolute Gasteiger partial charge is 0.271 e. The highest BCUT2D eigenvalue weighted by Gasteiger charge is 2.20. The molecular weight excluding hydrogens is 478 g/mol. The predicted molar refractivity (Wildman–Crippen MR) is 132 cm³/mol. The number of halogens is 3. The lowest BCUT2D eigenvalue weighted by Gasteiger charge is -2.12. The molecule has 2 heterocycles. The molecule has 0 aliphatic heterocycles. The highest BCUT2D eigenvalue weighted by molar-refractivity contribution is 7.97. The third-order valence-electron chi connectivity index (χ3n) is 5.30. The van der Waals surface area contributed by atoms with Gasteiger partial charge in [0.2, 0.25) is 0 Å². The van der Waals surface area contributed by atoms with E-state index in [1.54, 1.807) is 40.6 Å². The first-order valence-electron chi connectivity index (χ1n) is 10.3. The van der Waals surface area contributed by atoms with Gasteiger partial charge in [-0.2, -0.15) is 16.4 Å². The molecule has 5 rings (SSSR count). The van der Waals surface area contributed by atoms with E-state index in [0.717, 1.165) is 17.4 Å². The molecule has 0 radical (unpaired) electrons. The molecule has 3 aromatic carbocycles. The molecule has 0 spiro atoms. The van der Waals surface area contributed by atoms with Gasteiger partial charge in [0.15, 0.2) is 5.82 Å². The van der Waals surface area contributed by atoms with E-state index in [2.05, 4.69) is 10.1 Å². The third kappa shape index (κ3) is 3.99. The van der Waals surface area contributed by atoms with Crippen molar-refractivity contribution in [3.8, 4) is 22.9 Å². The Morgan fingerprint density at radius 1 is 1.00 bits per heavy atom. The van der Waals surface area contributed by atoms with E-state index in [0.29, 0.717) is 27.6 Å². The Kier molecular flexibility index (Phi) is 5.93. The highest BCUT2D eigenvalue weighted by atomic mass is 35.5. The van der Waals surface area contributed by atoms with E-state index < -0.39 is 11.6 Å². The van der Waals surface area contributed by atoms with Gasteiger partial charge in [0.05, 0.1) is 27.3 Å². The summed E-state index contributed by atoms with van der Waals surface area (Å²) in [7, 11) is 0. The Labute approximate surface area is 202 Å². The summed E-state index contributed by atoms with van der Waals surface area (Å²) in [5, 5.41) is 4.89. The van der Waals surface area contributed by atoms with Crippen molar-refractivity contribution in [2.45, 2.75) is 5.75 Å². The van der Waals surface area contributed by atoms with Crippen LogP contribution in [-0.4, -0.2) is 25.6 Å². The lowest BCUT2D eigenvalue weighted by molar-refractivity contribution is 0.584. The molecule has 0 N–H and O–H groups in total. The van der Waals surface area contributed by atoms with Crippen LogP contribution in [0.2, 0.25) is 5.02 Å². The lowest BCUT2D eigenvalue weighted by Crippen LogP contribution is -2.22. The number of para-hydroxylation sites is 1. The number of imidazole rings is 1. The Bertz CT molecular complexity index is 1600. The van der Waals surface area contributed by atoms with Gasteiger partial charge in [0, 0.05) is 17.9 Å². The maximum atomic E-state index is 14.8. The van der Waals surface area contributed by atoms with Gasteiger partial charge in [0.1, 0.15) is 17.5 Å². The summed E-state index contributed by atoms with van der Waals surface area (Å²) in [4.78, 5) is 17.3. The fourth-order valence-electron chi connectivity index (χ4n) is 3.78. The standard InChI is InChI=1S/C25H17ClF2N4OS/c1-34-14-15-6-9-22-20(12-15)29-25(17-8-7-16(27)13-19(17)28)31(22)23-10-11-24(33)32(30-23)21-5-3-2-4-18(21)26/h2-13H,14H2,1H3. The molecule has 9 heteroatoms. The van der Waals surface area contributed by atoms with E-state index in [1.807, 2.05) is 24.5 Å². The Hall–Kier alpha value is -3.49. The van der Waals surface area contributed by atoms with Crippen molar-refractivity contribution in [1.82, 2.24) is 19.3 Å². The molecule has 0 fully saturated rings. The minimum absolute atomic E-state index is 0.112. The van der Waals surface area contributed by atoms with Gasteiger partial charge in [0.25, 0.3) is 5.56 Å². The zero-order valence-electron chi connectivity index (χ0n) is 17.9. The Morgan fingerprint density at radius 2 is 1.82 bits per heavy atom. The Balaban J connectivity index is 1.80. The van der Waals surface area contributed by atoms with Crippen LogP contribution >= 0.6 is 23.4 Å². The van der Waals surface area contributed by atoms with Crippen LogP contribution in [0.25, 0.3) is 33.9 Å². The van der Waals surface area contributed by atoms with Gasteiger partial charge in [-0.1, -0.05) is 29.8 Å². The van der Waals surface area contributed by atoms with Crippen LogP contribution in [0.15, 0.2) is 77.6 Å². The van der Waals surface area contributed by atoms with Crippen molar-refractivity contribution in [3.63, 3.8) is 0 Å². The zero-order valence-corrected chi connectivity index (χ0v) is 19.4. The molecule has 0 atom stereocenters. The summed E-state index contributed by atoms with van der Waals surface area (Å²) in [6.45, 7) is 0. The van der Waals surface area contributed by atoms with Crippen molar-refractivity contribution < 1.29 is 8.78 Å². The fraction of sp³-hybridized carbons (Fsp3) is 0.0800. The molecular formula is C25H17ClF2N4OS. The van der Waals surface area contributed by atoms with Crippen LogP contribution in [0.5, 0.6) is 0 Å².